The summed E-state index contributed by atoms with van der Waals surface area (Å²) in [6.45, 7) is 2.92. The van der Waals surface area contributed by atoms with E-state index in [9.17, 15) is 26.7 Å². The van der Waals surface area contributed by atoms with Gasteiger partial charge in [0.2, 0.25) is 0 Å². The predicted octanol–water partition coefficient (Wildman–Crippen LogP) is 3.83. The number of halogens is 3. The highest BCUT2D eigenvalue weighted by Gasteiger charge is 2.33. The number of hydrogen-bond donors (Lipinski definition) is 2. The average molecular weight is 345 g/mol. The molecule has 0 aliphatic heterocycles. The fraction of sp³-hybridized carbons (Fsp3) is 0.200. The van der Waals surface area contributed by atoms with Crippen molar-refractivity contribution in [3.63, 3.8) is 0 Å². The third-order valence-electron chi connectivity index (χ3n) is 3.20. The fourth-order valence-corrected chi connectivity index (χ4v) is 3.27. The van der Waals surface area contributed by atoms with E-state index in [0.717, 1.165) is 6.07 Å². The molecule has 0 saturated carbocycles. The lowest BCUT2D eigenvalue weighted by atomic mass is 10.1. The average Bonchev–Trinajstić information content (AvgIpc) is 2.42. The van der Waals surface area contributed by atoms with Crippen molar-refractivity contribution in [3.05, 3.63) is 53.1 Å². The number of benzene rings is 2. The number of aromatic hydroxyl groups is 1. The molecule has 124 valence electrons. The first-order valence-corrected chi connectivity index (χ1v) is 7.99. The number of phenols is 1. The minimum atomic E-state index is -4.59. The third kappa shape index (κ3) is 3.76. The van der Waals surface area contributed by atoms with Crippen molar-refractivity contribution in [2.24, 2.45) is 0 Å². The van der Waals surface area contributed by atoms with Crippen LogP contribution in [0.15, 0.2) is 41.3 Å². The fourth-order valence-electron chi connectivity index (χ4n) is 2.04. The Bertz CT molecular complexity index is 846. The Morgan fingerprint density at radius 1 is 1.04 bits per heavy atom. The van der Waals surface area contributed by atoms with Gasteiger partial charge in [-0.2, -0.15) is 13.2 Å². The summed E-state index contributed by atoms with van der Waals surface area (Å²) < 4.78 is 65.2. The van der Waals surface area contributed by atoms with Gasteiger partial charge in [-0.05, 0) is 49.2 Å². The van der Waals surface area contributed by atoms with Gasteiger partial charge in [-0.1, -0.05) is 12.1 Å². The molecule has 0 aromatic heterocycles. The summed E-state index contributed by atoms with van der Waals surface area (Å²) in [4.78, 5) is -0.397. The Labute approximate surface area is 131 Å². The van der Waals surface area contributed by atoms with E-state index in [2.05, 4.69) is 4.72 Å². The molecule has 0 radical (unpaired) electrons. The highest BCUT2D eigenvalue weighted by molar-refractivity contribution is 7.92. The molecule has 4 nitrogen and oxygen atoms in total. The highest BCUT2D eigenvalue weighted by Crippen LogP contribution is 2.34. The lowest BCUT2D eigenvalue weighted by Gasteiger charge is -2.14. The molecule has 0 fully saturated rings. The van der Waals surface area contributed by atoms with Gasteiger partial charge in [-0.25, -0.2) is 8.42 Å². The van der Waals surface area contributed by atoms with Crippen molar-refractivity contribution in [1.82, 2.24) is 0 Å². The van der Waals surface area contributed by atoms with Gasteiger partial charge >= 0.3 is 6.18 Å². The molecule has 0 aliphatic carbocycles. The number of rotatable bonds is 3. The first-order chi connectivity index (χ1) is 10.5. The van der Waals surface area contributed by atoms with Gasteiger partial charge in [0.25, 0.3) is 10.0 Å². The maximum atomic E-state index is 12.9. The summed E-state index contributed by atoms with van der Waals surface area (Å²) in [5.41, 5.74) is -0.586. The Kier molecular flexibility index (Phi) is 4.30. The van der Waals surface area contributed by atoms with Crippen molar-refractivity contribution in [2.75, 3.05) is 4.72 Å². The molecule has 2 N–H and O–H groups in total. The highest BCUT2D eigenvalue weighted by atomic mass is 32.2. The Morgan fingerprint density at radius 3 is 2.30 bits per heavy atom. The molecule has 0 unspecified atom stereocenters. The molecule has 0 bridgehead atoms. The third-order valence-corrected chi connectivity index (χ3v) is 4.61. The number of nitrogens with one attached hydrogen (secondary N) is 1. The van der Waals surface area contributed by atoms with E-state index in [-0.39, 0.29) is 11.3 Å². The second kappa shape index (κ2) is 5.77. The van der Waals surface area contributed by atoms with E-state index in [1.54, 1.807) is 6.92 Å². The van der Waals surface area contributed by atoms with Gasteiger partial charge in [-0.3, -0.25) is 4.72 Å². The van der Waals surface area contributed by atoms with Crippen molar-refractivity contribution in [1.29, 1.82) is 0 Å². The van der Waals surface area contributed by atoms with Crippen LogP contribution in [0.3, 0.4) is 0 Å². The molecule has 2 rings (SSSR count). The van der Waals surface area contributed by atoms with Crippen LogP contribution in [0.2, 0.25) is 0 Å². The van der Waals surface area contributed by atoms with Gasteiger partial charge in [0.05, 0.1) is 5.56 Å². The van der Waals surface area contributed by atoms with Gasteiger partial charge in [-0.15, -0.1) is 0 Å². The Morgan fingerprint density at radius 2 is 1.70 bits per heavy atom. The predicted molar refractivity (Wildman–Crippen MR) is 79.8 cm³/mol. The zero-order valence-corrected chi connectivity index (χ0v) is 13.1. The smallest absolute Gasteiger partial charge is 0.416 e. The summed E-state index contributed by atoms with van der Waals surface area (Å²) >= 11 is 0. The van der Waals surface area contributed by atoms with E-state index in [1.807, 2.05) is 0 Å². The lowest BCUT2D eigenvalue weighted by molar-refractivity contribution is -0.138. The zero-order valence-electron chi connectivity index (χ0n) is 12.3. The second-order valence-electron chi connectivity index (χ2n) is 5.10. The normalized spacial score (nSPS) is 12.2. The molecular formula is C15H14F3NO3S. The van der Waals surface area contributed by atoms with Gasteiger partial charge < -0.3 is 5.11 Å². The number of aryl methyl sites for hydroxylation is 2. The second-order valence-corrected chi connectivity index (χ2v) is 6.75. The van der Waals surface area contributed by atoms with Gasteiger partial charge in [0, 0.05) is 5.69 Å². The molecule has 23 heavy (non-hydrogen) atoms. The van der Waals surface area contributed by atoms with E-state index >= 15 is 0 Å². The number of phenolic OH excluding ortho intramolecular Hbond substituents is 1. The quantitative estimate of drug-likeness (QED) is 0.888. The van der Waals surface area contributed by atoms with E-state index in [4.69, 9.17) is 0 Å². The van der Waals surface area contributed by atoms with Gasteiger partial charge in [0.15, 0.2) is 0 Å². The number of sulfonamides is 1. The molecule has 0 atom stereocenters. The number of hydrogen-bond acceptors (Lipinski definition) is 3. The maximum Gasteiger partial charge on any atom is 0.416 e. The van der Waals surface area contributed by atoms with Crippen LogP contribution >= 0.6 is 0 Å². The molecule has 0 heterocycles. The summed E-state index contributed by atoms with van der Waals surface area (Å²) in [7, 11) is -4.21. The molecule has 0 amide bonds. The number of anilines is 1. The number of alkyl halides is 3. The molecular weight excluding hydrogens is 331 g/mol. The van der Waals surface area contributed by atoms with Crippen molar-refractivity contribution in [3.8, 4) is 5.75 Å². The van der Waals surface area contributed by atoms with Crippen LogP contribution < -0.4 is 4.72 Å². The molecule has 0 aliphatic rings. The Hall–Kier alpha value is -2.22. The summed E-state index contributed by atoms with van der Waals surface area (Å²) in [6, 6.07) is 7.09. The van der Waals surface area contributed by atoms with Crippen molar-refractivity contribution >= 4 is 15.7 Å². The summed E-state index contributed by atoms with van der Waals surface area (Å²) in [5, 5.41) is 9.68. The topological polar surface area (TPSA) is 66.4 Å². The SMILES string of the molecule is Cc1ccc(O)c(S(=O)(=O)Nc2ccc(C)c(C(F)(F)F)c2)c1. The molecule has 8 heteroatoms. The first kappa shape index (κ1) is 17.1. The van der Waals surface area contributed by atoms with Crippen LogP contribution in [0.1, 0.15) is 16.7 Å². The van der Waals surface area contributed by atoms with E-state index in [1.165, 1.54) is 37.3 Å². The standard InChI is InChI=1S/C15H14F3NO3S/c1-9-3-6-13(20)14(7-9)23(21,22)19-11-5-4-10(2)12(8-11)15(16,17)18/h3-8,19-20H,1-2H3. The minimum Gasteiger partial charge on any atom is -0.507 e. The van der Waals surface area contributed by atoms with E-state index in [0.29, 0.717) is 5.56 Å². The first-order valence-electron chi connectivity index (χ1n) is 6.51. The van der Waals surface area contributed by atoms with Crippen LogP contribution in [-0.4, -0.2) is 13.5 Å². The van der Waals surface area contributed by atoms with Crippen molar-refractivity contribution < 1.29 is 26.7 Å². The van der Waals surface area contributed by atoms with Gasteiger partial charge in [0.1, 0.15) is 10.6 Å². The zero-order chi connectivity index (χ0) is 17.4. The molecule has 0 saturated heterocycles. The molecule has 0 spiro atoms. The van der Waals surface area contributed by atoms with Crippen molar-refractivity contribution in [2.45, 2.75) is 24.9 Å². The summed E-state index contributed by atoms with van der Waals surface area (Å²) in [5.74, 6) is -0.480. The van der Waals surface area contributed by atoms with Crippen LogP contribution in [0, 0.1) is 13.8 Å². The summed E-state index contributed by atoms with van der Waals surface area (Å²) in [6.07, 6.45) is -4.59. The molecule has 2 aromatic carbocycles. The largest absolute Gasteiger partial charge is 0.507 e. The monoisotopic (exact) mass is 345 g/mol. The van der Waals surface area contributed by atoms with Crippen LogP contribution in [0.5, 0.6) is 5.75 Å². The minimum absolute atomic E-state index is 0.0150. The lowest BCUT2D eigenvalue weighted by Crippen LogP contribution is -2.15. The van der Waals surface area contributed by atoms with E-state index < -0.39 is 32.4 Å². The maximum absolute atomic E-state index is 12.9. The molecule has 2 aromatic rings. The van der Waals surface area contributed by atoms with Crippen LogP contribution in [-0.2, 0) is 16.2 Å². The van der Waals surface area contributed by atoms with Crippen LogP contribution in [0.4, 0.5) is 18.9 Å². The van der Waals surface area contributed by atoms with Crippen LogP contribution in [0.25, 0.3) is 0 Å². The Balaban J connectivity index is 2.44.